The highest BCUT2D eigenvalue weighted by Crippen LogP contribution is 2.39. The molecule has 0 atom stereocenters. The maximum atomic E-state index is 12.6. The Morgan fingerprint density at radius 1 is 1.26 bits per heavy atom. The summed E-state index contributed by atoms with van der Waals surface area (Å²) in [5, 5.41) is 0. The van der Waals surface area contributed by atoms with E-state index in [1.54, 1.807) is 0 Å². The molecule has 0 unspecified atom stereocenters. The van der Waals surface area contributed by atoms with Gasteiger partial charge in [-0.15, -0.1) is 13.2 Å². The van der Waals surface area contributed by atoms with Crippen molar-refractivity contribution in [1.29, 1.82) is 0 Å². The van der Waals surface area contributed by atoms with Gasteiger partial charge >= 0.3 is 12.5 Å². The number of nitrogens with zero attached hydrogens (tertiary/aromatic N) is 1. The average Bonchev–Trinajstić information content (AvgIpc) is 2.23. The summed E-state index contributed by atoms with van der Waals surface area (Å²) < 4.78 is 77.2. The molecule has 0 saturated heterocycles. The molecule has 0 bridgehead atoms. The first-order valence-corrected chi connectivity index (χ1v) is 4.60. The molecule has 1 aromatic heterocycles. The summed E-state index contributed by atoms with van der Waals surface area (Å²) in [5.41, 5.74) is 1.81. The molecule has 0 radical (unpaired) electrons. The molecular formula is C9H6F6N2O2. The number of aromatic nitrogens is 1. The number of carbonyl (C=O) groups excluding carboxylic acids is 1. The molecule has 0 aliphatic carbocycles. The first-order chi connectivity index (χ1) is 8.58. The van der Waals surface area contributed by atoms with E-state index in [0.29, 0.717) is 6.07 Å². The van der Waals surface area contributed by atoms with Crippen molar-refractivity contribution in [3.8, 4) is 5.88 Å². The van der Waals surface area contributed by atoms with Crippen molar-refractivity contribution in [3.63, 3.8) is 0 Å². The van der Waals surface area contributed by atoms with Crippen LogP contribution >= 0.6 is 0 Å². The molecule has 1 aromatic rings. The average molecular weight is 288 g/mol. The number of halogens is 6. The Balaban J connectivity index is 3.51. The Hall–Kier alpha value is -1.84. The number of hydrogen-bond donors (Lipinski definition) is 1. The van der Waals surface area contributed by atoms with Crippen molar-refractivity contribution in [2.75, 3.05) is 0 Å². The van der Waals surface area contributed by atoms with E-state index in [4.69, 9.17) is 5.73 Å². The lowest BCUT2D eigenvalue weighted by atomic mass is 10.1. The first kappa shape index (κ1) is 15.2. The van der Waals surface area contributed by atoms with E-state index < -0.39 is 36.1 Å². The lowest BCUT2D eigenvalue weighted by Gasteiger charge is -2.16. The fraction of sp³-hybridized carbons (Fsp3) is 0.333. The summed E-state index contributed by atoms with van der Waals surface area (Å²) >= 11 is 0. The largest absolute Gasteiger partial charge is 0.574 e. The second-order valence-electron chi connectivity index (χ2n) is 3.25. The van der Waals surface area contributed by atoms with Crippen molar-refractivity contribution in [2.24, 2.45) is 5.73 Å². The third-order valence-corrected chi connectivity index (χ3v) is 1.90. The zero-order valence-corrected chi connectivity index (χ0v) is 8.97. The van der Waals surface area contributed by atoms with Crippen molar-refractivity contribution in [3.05, 3.63) is 22.9 Å². The molecule has 0 aromatic carbocycles. The minimum absolute atomic E-state index is 0.243. The van der Waals surface area contributed by atoms with Gasteiger partial charge in [-0.1, -0.05) is 0 Å². The highest BCUT2D eigenvalue weighted by Gasteiger charge is 2.42. The summed E-state index contributed by atoms with van der Waals surface area (Å²) in [6.45, 7) is -0.451. The number of hydrogen-bond acceptors (Lipinski definition) is 4. The van der Waals surface area contributed by atoms with E-state index in [-0.39, 0.29) is 12.0 Å². The summed E-state index contributed by atoms with van der Waals surface area (Å²) in [5.74, 6) is -1.75. The maximum absolute atomic E-state index is 12.6. The molecular weight excluding hydrogens is 282 g/mol. The minimum Gasteiger partial charge on any atom is -0.387 e. The summed E-state index contributed by atoms with van der Waals surface area (Å²) in [6.07, 6.45) is -10.8. The Labute approximate surface area is 102 Å². The summed E-state index contributed by atoms with van der Waals surface area (Å²) in [6, 6.07) is 0.652. The number of nitrogens with two attached hydrogens (primary N) is 1. The van der Waals surface area contributed by atoms with Crippen LogP contribution in [0, 0.1) is 0 Å². The van der Waals surface area contributed by atoms with Crippen molar-refractivity contribution in [1.82, 2.24) is 4.98 Å². The molecule has 0 amide bonds. The van der Waals surface area contributed by atoms with Crippen LogP contribution < -0.4 is 10.5 Å². The molecule has 4 nitrogen and oxygen atoms in total. The van der Waals surface area contributed by atoms with Gasteiger partial charge < -0.3 is 10.5 Å². The first-order valence-electron chi connectivity index (χ1n) is 4.60. The van der Waals surface area contributed by atoms with E-state index >= 15 is 0 Å². The molecule has 0 fully saturated rings. The SMILES string of the molecule is NCc1cc(C=O)c(C(F)(F)F)c(OC(F)(F)F)n1. The van der Waals surface area contributed by atoms with Crippen molar-refractivity contribution < 1.29 is 35.9 Å². The fourth-order valence-corrected chi connectivity index (χ4v) is 1.26. The number of carbonyl (C=O) groups is 1. The second-order valence-corrected chi connectivity index (χ2v) is 3.25. The normalized spacial score (nSPS) is 12.4. The molecule has 2 N–H and O–H groups in total. The quantitative estimate of drug-likeness (QED) is 0.684. The highest BCUT2D eigenvalue weighted by molar-refractivity contribution is 5.79. The Morgan fingerprint density at radius 3 is 2.21 bits per heavy atom. The summed E-state index contributed by atoms with van der Waals surface area (Å²) in [4.78, 5) is 13.6. The Kier molecular flexibility index (Phi) is 4.03. The number of alkyl halides is 6. The topological polar surface area (TPSA) is 65.2 Å². The molecule has 0 aliphatic heterocycles. The van der Waals surface area contributed by atoms with Gasteiger partial charge in [0.1, 0.15) is 5.56 Å². The van der Waals surface area contributed by atoms with Crippen LogP contribution in [-0.2, 0) is 12.7 Å². The molecule has 10 heteroatoms. The van der Waals surface area contributed by atoms with Crippen LogP contribution in [0.4, 0.5) is 26.3 Å². The van der Waals surface area contributed by atoms with Gasteiger partial charge in [0.05, 0.1) is 5.69 Å². The Morgan fingerprint density at radius 2 is 1.84 bits per heavy atom. The maximum Gasteiger partial charge on any atom is 0.574 e. The molecule has 106 valence electrons. The second kappa shape index (κ2) is 5.03. The number of pyridine rings is 1. The zero-order chi connectivity index (χ0) is 14.8. The van der Waals surface area contributed by atoms with E-state index in [1.807, 2.05) is 0 Å². The van der Waals surface area contributed by atoms with Crippen LogP contribution in [0.1, 0.15) is 21.6 Å². The molecule has 0 saturated carbocycles. The molecule has 19 heavy (non-hydrogen) atoms. The fourth-order valence-electron chi connectivity index (χ4n) is 1.26. The number of ether oxygens (including phenoxy) is 1. The van der Waals surface area contributed by atoms with Gasteiger partial charge in [-0.2, -0.15) is 13.2 Å². The number of aldehydes is 1. The van der Waals surface area contributed by atoms with Crippen LogP contribution in [0.2, 0.25) is 0 Å². The van der Waals surface area contributed by atoms with Crippen LogP contribution in [0.3, 0.4) is 0 Å². The van der Waals surface area contributed by atoms with Gasteiger partial charge in [0.2, 0.25) is 5.88 Å². The predicted molar refractivity (Wildman–Crippen MR) is 49.2 cm³/mol. The van der Waals surface area contributed by atoms with Crippen molar-refractivity contribution >= 4 is 6.29 Å². The van der Waals surface area contributed by atoms with Gasteiger partial charge in [0, 0.05) is 12.1 Å². The third kappa shape index (κ3) is 3.81. The molecule has 1 rings (SSSR count). The van der Waals surface area contributed by atoms with Gasteiger partial charge in [0.15, 0.2) is 6.29 Å². The van der Waals surface area contributed by atoms with E-state index in [2.05, 4.69) is 9.72 Å². The van der Waals surface area contributed by atoms with E-state index in [0.717, 1.165) is 0 Å². The summed E-state index contributed by atoms with van der Waals surface area (Å²) in [7, 11) is 0. The molecule has 0 aliphatic rings. The Bertz CT molecular complexity index is 483. The predicted octanol–water partition coefficient (Wildman–Crippen LogP) is 2.27. The van der Waals surface area contributed by atoms with Crippen LogP contribution in [0.25, 0.3) is 0 Å². The highest BCUT2D eigenvalue weighted by atomic mass is 19.4. The third-order valence-electron chi connectivity index (χ3n) is 1.90. The standard InChI is InChI=1S/C9H6F6N2O2/c10-8(11,12)6-4(3-18)1-5(2-16)17-7(6)19-9(13,14)15/h1,3H,2,16H2. The van der Waals surface area contributed by atoms with Crippen molar-refractivity contribution in [2.45, 2.75) is 19.1 Å². The van der Waals surface area contributed by atoms with E-state index in [1.165, 1.54) is 0 Å². The van der Waals surface area contributed by atoms with Gasteiger partial charge in [-0.25, -0.2) is 4.98 Å². The smallest absolute Gasteiger partial charge is 0.387 e. The lowest BCUT2D eigenvalue weighted by molar-refractivity contribution is -0.277. The van der Waals surface area contributed by atoms with Crippen LogP contribution in [-0.4, -0.2) is 17.6 Å². The van der Waals surface area contributed by atoms with Gasteiger partial charge in [-0.05, 0) is 6.07 Å². The lowest BCUT2D eigenvalue weighted by Crippen LogP contribution is -2.23. The molecule has 0 spiro atoms. The van der Waals surface area contributed by atoms with Crippen LogP contribution in [0.15, 0.2) is 6.07 Å². The minimum atomic E-state index is -5.37. The van der Waals surface area contributed by atoms with Gasteiger partial charge in [-0.3, -0.25) is 4.79 Å². The zero-order valence-electron chi connectivity index (χ0n) is 8.97. The number of rotatable bonds is 3. The van der Waals surface area contributed by atoms with Crippen LogP contribution in [0.5, 0.6) is 5.88 Å². The van der Waals surface area contributed by atoms with E-state index in [9.17, 15) is 31.1 Å². The molecule has 1 heterocycles. The van der Waals surface area contributed by atoms with Gasteiger partial charge in [0.25, 0.3) is 0 Å². The monoisotopic (exact) mass is 288 g/mol.